The molecular formula is C18H15BrFNO3S2. The molecule has 3 aromatic rings. The summed E-state index contributed by atoms with van der Waals surface area (Å²) in [5.74, 6) is -0.139. The lowest BCUT2D eigenvalue weighted by Crippen LogP contribution is -2.29. The van der Waals surface area contributed by atoms with Crippen molar-refractivity contribution in [3.05, 3.63) is 80.7 Å². The maximum Gasteiger partial charge on any atom is 0.245 e. The highest BCUT2D eigenvalue weighted by molar-refractivity contribution is 9.10. The highest BCUT2D eigenvalue weighted by atomic mass is 79.9. The molecule has 0 spiro atoms. The van der Waals surface area contributed by atoms with Crippen LogP contribution in [0.3, 0.4) is 0 Å². The minimum Gasteiger partial charge on any atom is -0.495 e. The first-order valence-electron chi connectivity index (χ1n) is 7.55. The van der Waals surface area contributed by atoms with Gasteiger partial charge in [-0.3, -0.25) is 0 Å². The van der Waals surface area contributed by atoms with Crippen molar-refractivity contribution in [2.45, 2.75) is 10.9 Å². The second-order valence-corrected chi connectivity index (χ2v) is 8.99. The molecule has 1 atom stereocenters. The number of benzene rings is 2. The highest BCUT2D eigenvalue weighted by Crippen LogP contribution is 2.32. The molecule has 3 rings (SSSR count). The van der Waals surface area contributed by atoms with Gasteiger partial charge in [0.1, 0.15) is 16.5 Å². The van der Waals surface area contributed by atoms with Gasteiger partial charge in [0.05, 0.1) is 13.2 Å². The fourth-order valence-electron chi connectivity index (χ4n) is 2.48. The van der Waals surface area contributed by atoms with Crippen LogP contribution in [0.15, 0.2) is 69.3 Å². The number of halogens is 2. The molecule has 1 aromatic heterocycles. The fraction of sp³-hybridized carbons (Fsp3) is 0.111. The normalized spacial score (nSPS) is 12.7. The number of thiophene rings is 1. The molecule has 0 aliphatic heterocycles. The third-order valence-corrected chi connectivity index (χ3v) is 6.59. The van der Waals surface area contributed by atoms with Crippen molar-refractivity contribution in [1.29, 1.82) is 0 Å². The lowest BCUT2D eigenvalue weighted by molar-refractivity contribution is 0.402. The van der Waals surface area contributed by atoms with E-state index < -0.39 is 16.1 Å². The topological polar surface area (TPSA) is 55.4 Å². The van der Waals surface area contributed by atoms with Crippen LogP contribution in [-0.4, -0.2) is 15.5 Å². The lowest BCUT2D eigenvalue weighted by Gasteiger charge is -2.19. The molecular weight excluding hydrogens is 441 g/mol. The van der Waals surface area contributed by atoms with Gasteiger partial charge in [0.25, 0.3) is 0 Å². The Morgan fingerprint density at radius 2 is 1.88 bits per heavy atom. The Hall–Kier alpha value is -1.74. The third-order valence-electron chi connectivity index (χ3n) is 3.72. The van der Waals surface area contributed by atoms with Gasteiger partial charge < -0.3 is 4.74 Å². The number of hydrogen-bond acceptors (Lipinski definition) is 4. The monoisotopic (exact) mass is 455 g/mol. The molecule has 0 amide bonds. The first-order chi connectivity index (χ1) is 12.4. The summed E-state index contributed by atoms with van der Waals surface area (Å²) in [7, 11) is -2.49. The second-order valence-electron chi connectivity index (χ2n) is 5.42. The van der Waals surface area contributed by atoms with Crippen LogP contribution in [0.1, 0.15) is 16.5 Å². The summed E-state index contributed by atoms with van der Waals surface area (Å²) in [6.07, 6.45) is 0. The number of ether oxygens (including phenoxy) is 1. The third kappa shape index (κ3) is 4.15. The molecule has 0 saturated carbocycles. The van der Waals surface area contributed by atoms with Gasteiger partial charge in [-0.1, -0.05) is 34.1 Å². The summed E-state index contributed by atoms with van der Waals surface area (Å²) >= 11 is 4.71. The molecule has 1 N–H and O–H groups in total. The van der Waals surface area contributed by atoms with Gasteiger partial charge in [0.2, 0.25) is 10.0 Å². The minimum atomic E-state index is -3.90. The number of hydrogen-bond donors (Lipinski definition) is 1. The molecule has 1 heterocycles. The van der Waals surface area contributed by atoms with E-state index in [-0.39, 0.29) is 16.5 Å². The number of nitrogens with one attached hydrogen (secondary N) is 1. The Morgan fingerprint density at radius 3 is 2.50 bits per heavy atom. The van der Waals surface area contributed by atoms with E-state index in [1.54, 1.807) is 24.3 Å². The van der Waals surface area contributed by atoms with E-state index >= 15 is 0 Å². The summed E-state index contributed by atoms with van der Waals surface area (Å²) in [6, 6.07) is 13.6. The van der Waals surface area contributed by atoms with Crippen LogP contribution >= 0.6 is 27.3 Å². The number of rotatable bonds is 6. The molecule has 0 aliphatic carbocycles. The maximum atomic E-state index is 13.3. The van der Waals surface area contributed by atoms with Crippen molar-refractivity contribution in [1.82, 2.24) is 4.72 Å². The molecule has 0 aliphatic rings. The molecule has 0 bridgehead atoms. The predicted molar refractivity (Wildman–Crippen MR) is 104 cm³/mol. The first kappa shape index (κ1) is 19.0. The van der Waals surface area contributed by atoms with E-state index in [1.807, 2.05) is 17.5 Å². The van der Waals surface area contributed by atoms with Gasteiger partial charge in [-0.2, -0.15) is 4.72 Å². The van der Waals surface area contributed by atoms with Crippen molar-refractivity contribution in [3.63, 3.8) is 0 Å². The lowest BCUT2D eigenvalue weighted by atomic mass is 10.1. The molecule has 8 heteroatoms. The van der Waals surface area contributed by atoms with E-state index in [0.29, 0.717) is 10.0 Å². The van der Waals surface area contributed by atoms with Crippen molar-refractivity contribution in [2.75, 3.05) is 7.11 Å². The second kappa shape index (κ2) is 7.87. The first-order valence-corrected chi connectivity index (χ1v) is 10.7. The highest BCUT2D eigenvalue weighted by Gasteiger charge is 2.26. The zero-order chi connectivity index (χ0) is 18.7. The number of methoxy groups -OCH3 is 1. The van der Waals surface area contributed by atoms with Crippen molar-refractivity contribution in [3.8, 4) is 5.75 Å². The SMILES string of the molecule is COc1ccc(Br)cc1S(=O)(=O)N[C@H](c1ccc(F)cc1)c1cccs1. The van der Waals surface area contributed by atoms with Crippen LogP contribution in [0.25, 0.3) is 0 Å². The van der Waals surface area contributed by atoms with Crippen LogP contribution in [0, 0.1) is 5.82 Å². The van der Waals surface area contributed by atoms with E-state index in [1.165, 1.54) is 36.6 Å². The summed E-state index contributed by atoms with van der Waals surface area (Å²) in [6.45, 7) is 0. The standard InChI is InChI=1S/C18H15BrFNO3S2/c1-24-15-9-6-13(19)11-17(15)26(22,23)21-18(16-3-2-10-25-16)12-4-7-14(20)8-5-12/h2-11,18,21H,1H3/t18-/m1/s1. The quantitative estimate of drug-likeness (QED) is 0.584. The molecule has 0 saturated heterocycles. The van der Waals surface area contributed by atoms with E-state index in [2.05, 4.69) is 20.7 Å². The maximum absolute atomic E-state index is 13.3. The van der Waals surface area contributed by atoms with E-state index in [9.17, 15) is 12.8 Å². The molecule has 2 aromatic carbocycles. The molecule has 26 heavy (non-hydrogen) atoms. The zero-order valence-corrected chi connectivity index (χ0v) is 16.9. The zero-order valence-electron chi connectivity index (χ0n) is 13.6. The van der Waals surface area contributed by atoms with Gasteiger partial charge in [-0.05, 0) is 47.3 Å². The smallest absolute Gasteiger partial charge is 0.245 e. The van der Waals surface area contributed by atoms with Gasteiger partial charge in [-0.15, -0.1) is 11.3 Å². The summed E-state index contributed by atoms with van der Waals surface area (Å²) in [4.78, 5) is 0.826. The molecule has 4 nitrogen and oxygen atoms in total. The van der Waals surface area contributed by atoms with Gasteiger partial charge in [0.15, 0.2) is 0 Å². The molecule has 0 radical (unpaired) electrons. The Kier molecular flexibility index (Phi) is 5.76. The Morgan fingerprint density at radius 1 is 1.15 bits per heavy atom. The molecule has 136 valence electrons. The fourth-order valence-corrected chi connectivity index (χ4v) is 5.27. The largest absolute Gasteiger partial charge is 0.495 e. The van der Waals surface area contributed by atoms with Crippen molar-refractivity contribution < 1.29 is 17.5 Å². The van der Waals surface area contributed by atoms with E-state index in [4.69, 9.17) is 4.74 Å². The average Bonchev–Trinajstić information content (AvgIpc) is 3.15. The Bertz CT molecular complexity index is 990. The Labute approximate surface area is 163 Å². The molecule has 0 unspecified atom stereocenters. The minimum absolute atomic E-state index is 0.0260. The van der Waals surface area contributed by atoms with Gasteiger partial charge >= 0.3 is 0 Å². The van der Waals surface area contributed by atoms with Gasteiger partial charge in [-0.25, -0.2) is 12.8 Å². The van der Waals surface area contributed by atoms with Crippen LogP contribution in [0.2, 0.25) is 0 Å². The number of sulfonamides is 1. The average molecular weight is 456 g/mol. The van der Waals surface area contributed by atoms with Crippen molar-refractivity contribution in [2.24, 2.45) is 0 Å². The van der Waals surface area contributed by atoms with Crippen LogP contribution in [0.4, 0.5) is 4.39 Å². The van der Waals surface area contributed by atoms with Crippen molar-refractivity contribution >= 4 is 37.3 Å². The predicted octanol–water partition coefficient (Wildman–Crippen LogP) is 4.73. The summed E-state index contributed by atoms with van der Waals surface area (Å²) < 4.78 is 47.9. The summed E-state index contributed by atoms with van der Waals surface area (Å²) in [5.41, 5.74) is 0.645. The van der Waals surface area contributed by atoms with Gasteiger partial charge in [0, 0.05) is 9.35 Å². The summed E-state index contributed by atoms with van der Waals surface area (Å²) in [5, 5.41) is 1.86. The van der Waals surface area contributed by atoms with E-state index in [0.717, 1.165) is 4.88 Å². The Balaban J connectivity index is 2.04. The van der Waals surface area contributed by atoms with Crippen LogP contribution in [0.5, 0.6) is 5.75 Å². The van der Waals surface area contributed by atoms with Crippen LogP contribution in [-0.2, 0) is 10.0 Å². The van der Waals surface area contributed by atoms with Crippen LogP contribution < -0.4 is 9.46 Å². The molecule has 0 fully saturated rings.